The Balaban J connectivity index is 1.59. The molecule has 1 aliphatic heterocycles. The van der Waals surface area contributed by atoms with Gasteiger partial charge in [-0.15, -0.1) is 0 Å². The van der Waals surface area contributed by atoms with Crippen molar-refractivity contribution < 1.29 is 4.74 Å². The Hall–Kier alpha value is -0.930. The van der Waals surface area contributed by atoms with Crippen LogP contribution in [0, 0.1) is 0 Å². The molecule has 0 aliphatic carbocycles. The fraction of sp³-hybridized carbons (Fsp3) is 0.583. The van der Waals surface area contributed by atoms with Crippen molar-refractivity contribution >= 4 is 0 Å². The molecule has 0 bridgehead atoms. The van der Waals surface area contributed by atoms with Crippen LogP contribution in [0.5, 0.6) is 0 Å². The molecule has 82 valence electrons. The van der Waals surface area contributed by atoms with E-state index in [0.717, 1.165) is 26.1 Å². The second-order valence-electron chi connectivity index (χ2n) is 3.94. The zero-order valence-electron chi connectivity index (χ0n) is 8.98. The molecule has 0 spiro atoms. The quantitative estimate of drug-likeness (QED) is 0.739. The highest BCUT2D eigenvalue weighted by molar-refractivity contribution is 5.09. The first kappa shape index (κ1) is 10.6. The molecular weight excluding hydrogens is 188 g/mol. The highest BCUT2D eigenvalue weighted by Crippen LogP contribution is 2.10. The molecule has 1 N–H and O–H groups in total. The number of nitrogens with one attached hydrogen (secondary N) is 1. The predicted octanol–water partition coefficient (Wildman–Crippen LogP) is 1.39. The molecule has 1 aromatic rings. The van der Waals surface area contributed by atoms with Crippen molar-refractivity contribution in [3.05, 3.63) is 30.1 Å². The number of pyridine rings is 1. The van der Waals surface area contributed by atoms with Crippen LogP contribution in [0.2, 0.25) is 0 Å². The molecule has 2 heterocycles. The number of aromatic nitrogens is 1. The summed E-state index contributed by atoms with van der Waals surface area (Å²) in [5, 5.41) is 3.43. The Morgan fingerprint density at radius 3 is 3.00 bits per heavy atom. The van der Waals surface area contributed by atoms with Crippen LogP contribution in [0.4, 0.5) is 0 Å². The van der Waals surface area contributed by atoms with E-state index < -0.39 is 0 Å². The summed E-state index contributed by atoms with van der Waals surface area (Å²) in [5.74, 6) is 0. The third kappa shape index (κ3) is 3.61. The molecule has 0 amide bonds. The van der Waals surface area contributed by atoms with Gasteiger partial charge in [-0.3, -0.25) is 4.98 Å². The largest absolute Gasteiger partial charge is 0.377 e. The van der Waals surface area contributed by atoms with E-state index in [-0.39, 0.29) is 0 Å². The third-order valence-corrected chi connectivity index (χ3v) is 2.74. The van der Waals surface area contributed by atoms with E-state index in [1.165, 1.54) is 18.4 Å². The Morgan fingerprint density at radius 1 is 1.40 bits per heavy atom. The minimum absolute atomic E-state index is 0.447. The van der Waals surface area contributed by atoms with Gasteiger partial charge in [-0.2, -0.15) is 0 Å². The van der Waals surface area contributed by atoms with E-state index >= 15 is 0 Å². The topological polar surface area (TPSA) is 34.1 Å². The Bertz CT molecular complexity index is 270. The number of rotatable bonds is 5. The summed E-state index contributed by atoms with van der Waals surface area (Å²) in [6, 6.07) is 4.13. The smallest absolute Gasteiger partial charge is 0.0700 e. The number of hydrogen-bond acceptors (Lipinski definition) is 3. The lowest BCUT2D eigenvalue weighted by atomic mass is 10.2. The van der Waals surface area contributed by atoms with Gasteiger partial charge in [0.1, 0.15) is 0 Å². The summed E-state index contributed by atoms with van der Waals surface area (Å²) in [6.07, 6.45) is 7.63. The average Bonchev–Trinajstić information content (AvgIpc) is 2.79. The SMILES string of the molecule is c1cc(CCNC[C@@H]2CCCO2)ccn1. The highest BCUT2D eigenvalue weighted by Gasteiger charge is 2.13. The first-order valence-electron chi connectivity index (χ1n) is 5.66. The minimum Gasteiger partial charge on any atom is -0.377 e. The molecule has 3 heteroatoms. The van der Waals surface area contributed by atoms with E-state index in [1.54, 1.807) is 0 Å². The third-order valence-electron chi connectivity index (χ3n) is 2.74. The van der Waals surface area contributed by atoms with E-state index in [4.69, 9.17) is 4.74 Å². The Kier molecular flexibility index (Phi) is 4.11. The molecule has 0 aromatic carbocycles. The van der Waals surface area contributed by atoms with Gasteiger partial charge >= 0.3 is 0 Å². The zero-order valence-corrected chi connectivity index (χ0v) is 8.98. The standard InChI is InChI=1S/C12H18N2O/c1-2-12(15-9-1)10-14-8-5-11-3-6-13-7-4-11/h3-4,6-7,12,14H,1-2,5,8-10H2/t12-/m0/s1. The highest BCUT2D eigenvalue weighted by atomic mass is 16.5. The van der Waals surface area contributed by atoms with E-state index in [2.05, 4.69) is 22.4 Å². The van der Waals surface area contributed by atoms with Gasteiger partial charge in [0.25, 0.3) is 0 Å². The minimum atomic E-state index is 0.447. The van der Waals surface area contributed by atoms with E-state index in [0.29, 0.717) is 6.10 Å². The second kappa shape index (κ2) is 5.83. The maximum atomic E-state index is 5.53. The fourth-order valence-corrected chi connectivity index (χ4v) is 1.85. The van der Waals surface area contributed by atoms with Crippen molar-refractivity contribution in [1.29, 1.82) is 0 Å². The summed E-state index contributed by atoms with van der Waals surface area (Å²) in [4.78, 5) is 4.00. The van der Waals surface area contributed by atoms with Crippen LogP contribution in [0.25, 0.3) is 0 Å². The van der Waals surface area contributed by atoms with Crippen LogP contribution >= 0.6 is 0 Å². The first-order chi connectivity index (χ1) is 7.45. The lowest BCUT2D eigenvalue weighted by Gasteiger charge is -2.10. The number of hydrogen-bond donors (Lipinski definition) is 1. The molecule has 1 aliphatic rings. The van der Waals surface area contributed by atoms with Gasteiger partial charge in [-0.05, 0) is 43.5 Å². The summed E-state index contributed by atoms with van der Waals surface area (Å²) >= 11 is 0. The van der Waals surface area contributed by atoms with Crippen LogP contribution in [0.15, 0.2) is 24.5 Å². The molecule has 0 saturated carbocycles. The summed E-state index contributed by atoms with van der Waals surface area (Å²) in [7, 11) is 0. The van der Waals surface area contributed by atoms with Gasteiger partial charge in [0.05, 0.1) is 6.10 Å². The molecule has 1 aromatic heterocycles. The monoisotopic (exact) mass is 206 g/mol. The zero-order chi connectivity index (χ0) is 10.3. The van der Waals surface area contributed by atoms with Gasteiger partial charge in [0, 0.05) is 25.5 Å². The predicted molar refractivity (Wildman–Crippen MR) is 59.8 cm³/mol. The van der Waals surface area contributed by atoms with Gasteiger partial charge < -0.3 is 10.1 Å². The molecule has 0 radical (unpaired) electrons. The van der Waals surface area contributed by atoms with Crippen molar-refractivity contribution in [3.8, 4) is 0 Å². The molecule has 2 rings (SSSR count). The van der Waals surface area contributed by atoms with E-state index in [1.807, 2.05) is 12.4 Å². The van der Waals surface area contributed by atoms with Crippen molar-refractivity contribution in [1.82, 2.24) is 10.3 Å². The fourth-order valence-electron chi connectivity index (χ4n) is 1.85. The Morgan fingerprint density at radius 2 is 2.27 bits per heavy atom. The molecule has 1 atom stereocenters. The number of nitrogens with zero attached hydrogens (tertiary/aromatic N) is 1. The van der Waals surface area contributed by atoms with Gasteiger partial charge in [-0.1, -0.05) is 0 Å². The van der Waals surface area contributed by atoms with Gasteiger partial charge in [0.15, 0.2) is 0 Å². The molecule has 1 saturated heterocycles. The van der Waals surface area contributed by atoms with Crippen LogP contribution in [-0.4, -0.2) is 30.8 Å². The maximum absolute atomic E-state index is 5.53. The lowest BCUT2D eigenvalue weighted by molar-refractivity contribution is 0.110. The normalized spacial score (nSPS) is 20.7. The molecule has 1 fully saturated rings. The van der Waals surface area contributed by atoms with Crippen LogP contribution in [0.3, 0.4) is 0 Å². The molecule has 15 heavy (non-hydrogen) atoms. The molecule has 0 unspecified atom stereocenters. The summed E-state index contributed by atoms with van der Waals surface area (Å²) in [6.45, 7) is 2.95. The number of ether oxygens (including phenoxy) is 1. The second-order valence-corrected chi connectivity index (χ2v) is 3.94. The van der Waals surface area contributed by atoms with Crippen LogP contribution < -0.4 is 5.32 Å². The molecule has 3 nitrogen and oxygen atoms in total. The van der Waals surface area contributed by atoms with Gasteiger partial charge in [-0.25, -0.2) is 0 Å². The van der Waals surface area contributed by atoms with Crippen LogP contribution in [0.1, 0.15) is 18.4 Å². The lowest BCUT2D eigenvalue weighted by Crippen LogP contribution is -2.27. The van der Waals surface area contributed by atoms with Crippen molar-refractivity contribution in [2.45, 2.75) is 25.4 Å². The van der Waals surface area contributed by atoms with Crippen LogP contribution in [-0.2, 0) is 11.2 Å². The van der Waals surface area contributed by atoms with Crippen molar-refractivity contribution in [3.63, 3.8) is 0 Å². The summed E-state index contributed by atoms with van der Waals surface area (Å²) in [5.41, 5.74) is 1.34. The summed E-state index contributed by atoms with van der Waals surface area (Å²) < 4.78 is 5.53. The first-order valence-corrected chi connectivity index (χ1v) is 5.66. The van der Waals surface area contributed by atoms with Crippen molar-refractivity contribution in [2.75, 3.05) is 19.7 Å². The van der Waals surface area contributed by atoms with Crippen molar-refractivity contribution in [2.24, 2.45) is 0 Å². The maximum Gasteiger partial charge on any atom is 0.0700 e. The molecular formula is C12H18N2O. The average molecular weight is 206 g/mol. The van der Waals surface area contributed by atoms with Gasteiger partial charge in [0.2, 0.25) is 0 Å². The Labute approximate surface area is 90.9 Å². The van der Waals surface area contributed by atoms with E-state index in [9.17, 15) is 0 Å².